The van der Waals surface area contributed by atoms with Gasteiger partial charge in [0.15, 0.2) is 0 Å². The fourth-order valence-corrected chi connectivity index (χ4v) is 4.07. The van der Waals surface area contributed by atoms with Crippen molar-refractivity contribution in [2.45, 2.75) is 6.92 Å². The van der Waals surface area contributed by atoms with Gasteiger partial charge in [0.1, 0.15) is 5.70 Å². The molecule has 2 amide bonds. The number of fused-ring (bicyclic) bond motifs is 1. The molecule has 6 nitrogen and oxygen atoms in total. The van der Waals surface area contributed by atoms with Gasteiger partial charge in [0.25, 0.3) is 11.8 Å². The van der Waals surface area contributed by atoms with E-state index in [1.807, 2.05) is 48.7 Å². The van der Waals surface area contributed by atoms with Crippen molar-refractivity contribution in [3.8, 4) is 0 Å². The number of rotatable bonds is 6. The first kappa shape index (κ1) is 21.5. The Kier molecular flexibility index (Phi) is 6.49. The van der Waals surface area contributed by atoms with Gasteiger partial charge in [-0.15, -0.1) is 11.3 Å². The second-order valence-corrected chi connectivity index (χ2v) is 8.30. The lowest BCUT2D eigenvalue weighted by atomic mass is 10.1. The van der Waals surface area contributed by atoms with E-state index in [1.54, 1.807) is 36.6 Å². The molecule has 8 heteroatoms. The van der Waals surface area contributed by atoms with Gasteiger partial charge < -0.3 is 10.3 Å². The summed E-state index contributed by atoms with van der Waals surface area (Å²) in [5.41, 5.74) is 5.64. The molecule has 2 aromatic carbocycles. The highest BCUT2D eigenvalue weighted by molar-refractivity contribution is 7.10. The maximum Gasteiger partial charge on any atom is 0.287 e. The van der Waals surface area contributed by atoms with E-state index in [2.05, 4.69) is 20.8 Å². The van der Waals surface area contributed by atoms with Gasteiger partial charge in [-0.05, 0) is 42.6 Å². The number of aryl methyl sites for hydroxylation is 1. The summed E-state index contributed by atoms with van der Waals surface area (Å²) in [7, 11) is 0. The summed E-state index contributed by atoms with van der Waals surface area (Å²) in [6.07, 6.45) is 3.19. The van der Waals surface area contributed by atoms with Gasteiger partial charge in [-0.1, -0.05) is 48.0 Å². The molecule has 160 valence electrons. The highest BCUT2D eigenvalue weighted by Crippen LogP contribution is 2.20. The fraction of sp³-hybridized carbons (Fsp3) is 0.0417. The SMILES string of the molecule is Cc1[nH]c2ccccc2c1C=NNC(=O)/C(=C/c1cccs1)NC(=O)c1ccccc1Cl. The largest absolute Gasteiger partial charge is 0.358 e. The first-order chi connectivity index (χ1) is 15.5. The van der Waals surface area contributed by atoms with E-state index in [0.717, 1.165) is 27.0 Å². The molecule has 0 aliphatic carbocycles. The third-order valence-electron chi connectivity index (χ3n) is 4.74. The number of aromatic amines is 1. The van der Waals surface area contributed by atoms with Crippen molar-refractivity contribution in [2.24, 2.45) is 5.10 Å². The number of thiophene rings is 1. The second kappa shape index (κ2) is 9.64. The van der Waals surface area contributed by atoms with Crippen LogP contribution in [0.5, 0.6) is 0 Å². The minimum Gasteiger partial charge on any atom is -0.358 e. The van der Waals surface area contributed by atoms with Gasteiger partial charge in [-0.2, -0.15) is 5.10 Å². The van der Waals surface area contributed by atoms with E-state index in [4.69, 9.17) is 11.6 Å². The van der Waals surface area contributed by atoms with E-state index < -0.39 is 11.8 Å². The number of carbonyl (C=O) groups excluding carboxylic acids is 2. The molecular weight excluding hydrogens is 444 g/mol. The lowest BCUT2D eigenvalue weighted by molar-refractivity contribution is -0.117. The monoisotopic (exact) mass is 462 g/mol. The number of amides is 2. The minimum atomic E-state index is -0.549. The Hall–Kier alpha value is -3.68. The second-order valence-electron chi connectivity index (χ2n) is 6.92. The van der Waals surface area contributed by atoms with E-state index in [-0.39, 0.29) is 11.3 Å². The Balaban J connectivity index is 1.55. The first-order valence-corrected chi connectivity index (χ1v) is 11.0. The summed E-state index contributed by atoms with van der Waals surface area (Å²) in [6.45, 7) is 1.94. The quantitative estimate of drug-likeness (QED) is 0.211. The number of hydrazone groups is 1. The lowest BCUT2D eigenvalue weighted by Crippen LogP contribution is -2.33. The van der Waals surface area contributed by atoms with Crippen LogP contribution in [0.25, 0.3) is 17.0 Å². The molecule has 0 fully saturated rings. The molecule has 2 aromatic heterocycles. The van der Waals surface area contributed by atoms with Gasteiger partial charge in [0, 0.05) is 27.0 Å². The molecule has 4 rings (SSSR count). The van der Waals surface area contributed by atoms with Crippen molar-refractivity contribution in [1.82, 2.24) is 15.7 Å². The predicted molar refractivity (Wildman–Crippen MR) is 130 cm³/mol. The van der Waals surface area contributed by atoms with Crippen LogP contribution < -0.4 is 10.7 Å². The molecule has 4 aromatic rings. The molecule has 3 N–H and O–H groups in total. The minimum absolute atomic E-state index is 0.0603. The number of halogens is 1. The van der Waals surface area contributed by atoms with Crippen LogP contribution >= 0.6 is 22.9 Å². The molecule has 32 heavy (non-hydrogen) atoms. The maximum absolute atomic E-state index is 12.9. The van der Waals surface area contributed by atoms with Crippen LogP contribution in [0.2, 0.25) is 5.02 Å². The van der Waals surface area contributed by atoms with E-state index in [0.29, 0.717) is 5.02 Å². The normalized spacial score (nSPS) is 11.8. The summed E-state index contributed by atoms with van der Waals surface area (Å²) < 4.78 is 0. The molecule has 0 atom stereocenters. The molecule has 0 spiro atoms. The van der Waals surface area contributed by atoms with Gasteiger partial charge >= 0.3 is 0 Å². The standard InChI is InChI=1S/C24H19ClN4O2S/c1-15-19(17-8-3-5-11-21(17)27-15)14-26-29-24(31)22(13-16-7-6-12-32-16)28-23(30)18-9-2-4-10-20(18)25/h2-14,27H,1H3,(H,28,30)(H,29,31)/b22-13-,26-14?. The molecule has 0 saturated carbocycles. The van der Waals surface area contributed by atoms with Crippen LogP contribution in [0.1, 0.15) is 26.5 Å². The molecule has 0 saturated heterocycles. The summed E-state index contributed by atoms with van der Waals surface area (Å²) in [4.78, 5) is 29.7. The molecule has 0 unspecified atom stereocenters. The number of nitrogens with zero attached hydrogens (tertiary/aromatic N) is 1. The zero-order chi connectivity index (χ0) is 22.5. The number of benzene rings is 2. The van der Waals surface area contributed by atoms with E-state index in [1.165, 1.54) is 11.3 Å². The summed E-state index contributed by atoms with van der Waals surface area (Å²) in [6, 6.07) is 18.2. The average Bonchev–Trinajstić information content (AvgIpc) is 3.41. The number of hydrogen-bond acceptors (Lipinski definition) is 4. The maximum atomic E-state index is 12.9. The van der Waals surface area contributed by atoms with Gasteiger partial charge in [0.05, 0.1) is 16.8 Å². The van der Waals surface area contributed by atoms with Crippen molar-refractivity contribution in [3.63, 3.8) is 0 Å². The Morgan fingerprint density at radius 2 is 1.84 bits per heavy atom. The fourth-order valence-electron chi connectivity index (χ4n) is 3.19. The third-order valence-corrected chi connectivity index (χ3v) is 5.89. The average molecular weight is 463 g/mol. The van der Waals surface area contributed by atoms with Crippen molar-refractivity contribution >= 4 is 57.9 Å². The van der Waals surface area contributed by atoms with Crippen molar-refractivity contribution in [3.05, 3.63) is 98.5 Å². The number of carbonyl (C=O) groups is 2. The van der Waals surface area contributed by atoms with E-state index in [9.17, 15) is 9.59 Å². The smallest absolute Gasteiger partial charge is 0.287 e. The molecule has 0 radical (unpaired) electrons. The first-order valence-electron chi connectivity index (χ1n) is 9.74. The topological polar surface area (TPSA) is 86.3 Å². The highest BCUT2D eigenvalue weighted by atomic mass is 35.5. The van der Waals surface area contributed by atoms with Crippen molar-refractivity contribution in [1.29, 1.82) is 0 Å². The number of H-pyrrole nitrogens is 1. The van der Waals surface area contributed by atoms with Gasteiger partial charge in [-0.25, -0.2) is 5.43 Å². The van der Waals surface area contributed by atoms with Gasteiger partial charge in [-0.3, -0.25) is 9.59 Å². The lowest BCUT2D eigenvalue weighted by Gasteiger charge is -2.09. The van der Waals surface area contributed by atoms with Crippen LogP contribution in [0, 0.1) is 6.92 Å². The zero-order valence-electron chi connectivity index (χ0n) is 17.1. The van der Waals surface area contributed by atoms with Crippen molar-refractivity contribution < 1.29 is 9.59 Å². The summed E-state index contributed by atoms with van der Waals surface area (Å²) >= 11 is 7.57. The van der Waals surface area contributed by atoms with Crippen LogP contribution in [0.3, 0.4) is 0 Å². The Morgan fingerprint density at radius 3 is 2.62 bits per heavy atom. The van der Waals surface area contributed by atoms with Crippen LogP contribution in [-0.4, -0.2) is 23.0 Å². The Morgan fingerprint density at radius 1 is 1.06 bits per heavy atom. The summed E-state index contributed by atoms with van der Waals surface area (Å²) in [5.74, 6) is -1.03. The zero-order valence-corrected chi connectivity index (χ0v) is 18.6. The van der Waals surface area contributed by atoms with E-state index >= 15 is 0 Å². The molecule has 0 bridgehead atoms. The van der Waals surface area contributed by atoms with Crippen LogP contribution in [0.4, 0.5) is 0 Å². The van der Waals surface area contributed by atoms with Crippen molar-refractivity contribution in [2.75, 3.05) is 0 Å². The Labute approximate surface area is 193 Å². The predicted octanol–water partition coefficient (Wildman–Crippen LogP) is 5.11. The molecule has 2 heterocycles. The molecule has 0 aliphatic heterocycles. The summed E-state index contributed by atoms with van der Waals surface area (Å²) in [5, 5.41) is 9.95. The number of nitrogens with one attached hydrogen (secondary N) is 3. The number of aromatic nitrogens is 1. The van der Waals surface area contributed by atoms with Crippen LogP contribution in [0.15, 0.2) is 76.8 Å². The molecular formula is C24H19ClN4O2S. The Bertz CT molecular complexity index is 1340. The molecule has 0 aliphatic rings. The number of hydrogen-bond donors (Lipinski definition) is 3. The van der Waals surface area contributed by atoms with Crippen LogP contribution in [-0.2, 0) is 4.79 Å². The third kappa shape index (κ3) is 4.80. The highest BCUT2D eigenvalue weighted by Gasteiger charge is 2.16. The number of para-hydroxylation sites is 1. The van der Waals surface area contributed by atoms with Gasteiger partial charge in [0.2, 0.25) is 0 Å².